The molecule has 0 saturated carbocycles. The average molecular weight is 140 g/mol. The summed E-state index contributed by atoms with van der Waals surface area (Å²) in [5.41, 5.74) is 1.13. The van der Waals surface area contributed by atoms with Gasteiger partial charge in [0.15, 0.2) is 0 Å². The topological polar surface area (TPSA) is 41.1 Å². The van der Waals surface area contributed by atoms with Crippen molar-refractivity contribution in [1.29, 1.82) is 0 Å². The van der Waals surface area contributed by atoms with Gasteiger partial charge >= 0.3 is 0 Å². The monoisotopic (exact) mass is 140 g/mol. The predicted octanol–water partition coefficient (Wildman–Crippen LogP) is 0.347. The van der Waals surface area contributed by atoms with Crippen LogP contribution in [0.1, 0.15) is 19.8 Å². The van der Waals surface area contributed by atoms with Crippen molar-refractivity contribution in [3.05, 3.63) is 11.9 Å². The van der Waals surface area contributed by atoms with Gasteiger partial charge in [0.25, 0.3) is 0 Å². The second-order valence-electron chi connectivity index (χ2n) is 2.43. The molecule has 56 valence electrons. The first-order valence-electron chi connectivity index (χ1n) is 3.45. The van der Waals surface area contributed by atoms with Crippen molar-refractivity contribution in [2.45, 2.75) is 19.8 Å². The third-order valence-electron chi connectivity index (χ3n) is 1.44. The maximum absolute atomic E-state index is 10.5. The van der Waals surface area contributed by atoms with Crippen molar-refractivity contribution in [2.24, 2.45) is 0 Å². The minimum Gasteiger partial charge on any atom is -0.372 e. The zero-order valence-electron chi connectivity index (χ0n) is 6.11. The molecule has 2 N–H and O–H groups in total. The molecule has 0 bridgehead atoms. The van der Waals surface area contributed by atoms with E-state index in [2.05, 4.69) is 10.6 Å². The number of Topliss-reactive ketones (excluding diaryl/α,β-unsaturated/α-hetero) is 1. The second-order valence-corrected chi connectivity index (χ2v) is 2.43. The Kier molecular flexibility index (Phi) is 2.31. The summed E-state index contributed by atoms with van der Waals surface area (Å²) in [6.07, 6.45) is 3.39. The van der Waals surface area contributed by atoms with Crippen LogP contribution < -0.4 is 10.6 Å². The number of carbonyl (C=O) groups is 1. The standard InChI is InChI=1S/C7H12N2O/c1-6(10)2-3-7-4-8-5-9-7/h4,8-9H,2-3,5H2,1H3. The summed E-state index contributed by atoms with van der Waals surface area (Å²) in [5, 5.41) is 6.12. The Labute approximate surface area is 60.5 Å². The van der Waals surface area contributed by atoms with Crippen LogP contribution in [0.2, 0.25) is 0 Å². The van der Waals surface area contributed by atoms with E-state index in [-0.39, 0.29) is 5.78 Å². The smallest absolute Gasteiger partial charge is 0.130 e. The van der Waals surface area contributed by atoms with E-state index >= 15 is 0 Å². The summed E-state index contributed by atoms with van der Waals surface area (Å²) >= 11 is 0. The average Bonchev–Trinajstić information content (AvgIpc) is 2.34. The molecular formula is C7H12N2O. The summed E-state index contributed by atoms with van der Waals surface area (Å²) in [5.74, 6) is 0.245. The lowest BCUT2D eigenvalue weighted by Crippen LogP contribution is -2.14. The van der Waals surface area contributed by atoms with Gasteiger partial charge in [0, 0.05) is 18.3 Å². The molecule has 0 aromatic heterocycles. The maximum atomic E-state index is 10.5. The first-order chi connectivity index (χ1) is 4.79. The molecule has 3 nitrogen and oxygen atoms in total. The summed E-state index contributed by atoms with van der Waals surface area (Å²) in [7, 11) is 0. The van der Waals surface area contributed by atoms with Gasteiger partial charge in [0.1, 0.15) is 5.78 Å². The van der Waals surface area contributed by atoms with Crippen LogP contribution in [0, 0.1) is 0 Å². The quantitative estimate of drug-likeness (QED) is 0.594. The highest BCUT2D eigenvalue weighted by molar-refractivity contribution is 5.75. The van der Waals surface area contributed by atoms with Gasteiger partial charge in [-0.05, 0) is 13.3 Å². The van der Waals surface area contributed by atoms with Gasteiger partial charge in [0.05, 0.1) is 6.67 Å². The zero-order chi connectivity index (χ0) is 7.40. The lowest BCUT2D eigenvalue weighted by Gasteiger charge is -1.98. The van der Waals surface area contributed by atoms with Gasteiger partial charge in [-0.3, -0.25) is 0 Å². The van der Waals surface area contributed by atoms with Crippen molar-refractivity contribution in [3.8, 4) is 0 Å². The number of nitrogens with one attached hydrogen (secondary N) is 2. The molecule has 0 aliphatic carbocycles. The van der Waals surface area contributed by atoms with Crippen molar-refractivity contribution in [3.63, 3.8) is 0 Å². The molecule has 0 aromatic carbocycles. The third-order valence-corrected chi connectivity index (χ3v) is 1.44. The highest BCUT2D eigenvalue weighted by Crippen LogP contribution is 2.02. The molecule has 0 atom stereocenters. The van der Waals surface area contributed by atoms with Crippen LogP contribution in [0.25, 0.3) is 0 Å². The molecule has 3 heteroatoms. The van der Waals surface area contributed by atoms with Gasteiger partial charge < -0.3 is 15.4 Å². The summed E-state index contributed by atoms with van der Waals surface area (Å²) in [6.45, 7) is 2.41. The molecule has 0 saturated heterocycles. The largest absolute Gasteiger partial charge is 0.372 e. The van der Waals surface area contributed by atoms with Gasteiger partial charge in [-0.25, -0.2) is 0 Å². The van der Waals surface area contributed by atoms with E-state index < -0.39 is 0 Å². The molecule has 1 rings (SSSR count). The number of hydrogen-bond acceptors (Lipinski definition) is 3. The van der Waals surface area contributed by atoms with Gasteiger partial charge in [0.2, 0.25) is 0 Å². The zero-order valence-corrected chi connectivity index (χ0v) is 6.11. The minimum atomic E-state index is 0.245. The van der Waals surface area contributed by atoms with Gasteiger partial charge in [-0.2, -0.15) is 0 Å². The van der Waals surface area contributed by atoms with Gasteiger partial charge in [-0.15, -0.1) is 0 Å². The molecule has 0 amide bonds. The highest BCUT2D eigenvalue weighted by atomic mass is 16.1. The molecule has 0 spiro atoms. The van der Waals surface area contributed by atoms with E-state index in [4.69, 9.17) is 0 Å². The van der Waals surface area contributed by atoms with E-state index in [1.165, 1.54) is 0 Å². The van der Waals surface area contributed by atoms with E-state index in [1.807, 2.05) is 6.20 Å². The molecule has 10 heavy (non-hydrogen) atoms. The fourth-order valence-corrected chi connectivity index (χ4v) is 0.861. The molecule has 1 aliphatic rings. The van der Waals surface area contributed by atoms with E-state index in [0.717, 1.165) is 18.8 Å². The van der Waals surface area contributed by atoms with Crippen LogP contribution in [-0.4, -0.2) is 12.5 Å². The molecule has 0 unspecified atom stereocenters. The first-order valence-corrected chi connectivity index (χ1v) is 3.45. The lowest BCUT2D eigenvalue weighted by atomic mass is 10.2. The molecule has 0 radical (unpaired) electrons. The summed E-state index contributed by atoms with van der Waals surface area (Å²) < 4.78 is 0. The fraction of sp³-hybridized carbons (Fsp3) is 0.571. The van der Waals surface area contributed by atoms with Crippen molar-refractivity contribution >= 4 is 5.78 Å². The van der Waals surface area contributed by atoms with Crippen LogP contribution in [0.4, 0.5) is 0 Å². The fourth-order valence-electron chi connectivity index (χ4n) is 0.861. The minimum absolute atomic E-state index is 0.245. The first kappa shape index (κ1) is 7.12. The maximum Gasteiger partial charge on any atom is 0.130 e. The number of carbonyl (C=O) groups excluding carboxylic acids is 1. The van der Waals surface area contributed by atoms with Crippen LogP contribution in [0.15, 0.2) is 11.9 Å². The molecule has 1 heterocycles. The van der Waals surface area contributed by atoms with Crippen molar-refractivity contribution in [2.75, 3.05) is 6.67 Å². The lowest BCUT2D eigenvalue weighted by molar-refractivity contribution is -0.116. The summed E-state index contributed by atoms with van der Waals surface area (Å²) in [6, 6.07) is 0. The normalized spacial score (nSPS) is 15.5. The Morgan fingerprint density at radius 1 is 1.80 bits per heavy atom. The Morgan fingerprint density at radius 2 is 2.60 bits per heavy atom. The van der Waals surface area contributed by atoms with E-state index in [1.54, 1.807) is 6.92 Å². The van der Waals surface area contributed by atoms with Crippen LogP contribution in [-0.2, 0) is 4.79 Å². The number of ketones is 1. The highest BCUT2D eigenvalue weighted by Gasteiger charge is 2.02. The molecule has 0 aromatic rings. The molecular weight excluding hydrogens is 128 g/mol. The van der Waals surface area contributed by atoms with Crippen LogP contribution in [0.5, 0.6) is 0 Å². The van der Waals surface area contributed by atoms with Crippen molar-refractivity contribution in [1.82, 2.24) is 10.6 Å². The van der Waals surface area contributed by atoms with E-state index in [0.29, 0.717) is 6.42 Å². The molecule has 0 fully saturated rings. The number of allylic oxidation sites excluding steroid dienone is 1. The predicted molar refractivity (Wildman–Crippen MR) is 39.1 cm³/mol. The Hall–Kier alpha value is -0.990. The molecule has 1 aliphatic heterocycles. The van der Waals surface area contributed by atoms with E-state index in [9.17, 15) is 4.79 Å². The van der Waals surface area contributed by atoms with Crippen molar-refractivity contribution < 1.29 is 4.79 Å². The Morgan fingerprint density at radius 3 is 3.10 bits per heavy atom. The third kappa shape index (κ3) is 2.09. The number of hydrogen-bond donors (Lipinski definition) is 2. The Balaban J connectivity index is 2.19. The SMILES string of the molecule is CC(=O)CCC1=CNCN1. The number of rotatable bonds is 3. The van der Waals surface area contributed by atoms with Crippen LogP contribution >= 0.6 is 0 Å². The van der Waals surface area contributed by atoms with Gasteiger partial charge in [-0.1, -0.05) is 0 Å². The second kappa shape index (κ2) is 3.25. The Bertz CT molecular complexity index is 163. The summed E-state index contributed by atoms with van der Waals surface area (Å²) in [4.78, 5) is 10.5. The van der Waals surface area contributed by atoms with Crippen LogP contribution in [0.3, 0.4) is 0 Å².